The van der Waals surface area contributed by atoms with E-state index in [1.54, 1.807) is 7.11 Å². The van der Waals surface area contributed by atoms with Crippen LogP contribution in [0.1, 0.15) is 11.1 Å². The minimum atomic E-state index is 0.665. The minimum Gasteiger partial charge on any atom is -0.381 e. The SMILES string of the molecule is COCc1ccc(CNc2ccc3[nH]ccc3c2)cc1. The van der Waals surface area contributed by atoms with Crippen LogP contribution in [0.4, 0.5) is 5.69 Å². The van der Waals surface area contributed by atoms with Crippen molar-refractivity contribution in [1.29, 1.82) is 0 Å². The molecule has 2 aromatic carbocycles. The molecule has 3 heteroatoms. The van der Waals surface area contributed by atoms with Gasteiger partial charge in [-0.05, 0) is 35.4 Å². The van der Waals surface area contributed by atoms with Crippen molar-refractivity contribution in [3.63, 3.8) is 0 Å². The molecule has 0 aliphatic carbocycles. The molecule has 102 valence electrons. The lowest BCUT2D eigenvalue weighted by molar-refractivity contribution is 0.185. The Morgan fingerprint density at radius 1 is 1.00 bits per heavy atom. The molecule has 0 aliphatic rings. The normalized spacial score (nSPS) is 10.8. The first-order chi connectivity index (χ1) is 9.85. The van der Waals surface area contributed by atoms with E-state index >= 15 is 0 Å². The molecule has 0 unspecified atom stereocenters. The number of aromatic amines is 1. The van der Waals surface area contributed by atoms with Crippen molar-refractivity contribution >= 4 is 16.6 Å². The predicted octanol–water partition coefficient (Wildman–Crippen LogP) is 3.93. The van der Waals surface area contributed by atoms with Gasteiger partial charge in [-0.15, -0.1) is 0 Å². The van der Waals surface area contributed by atoms with E-state index in [2.05, 4.69) is 58.8 Å². The van der Waals surface area contributed by atoms with E-state index in [0.29, 0.717) is 6.61 Å². The van der Waals surface area contributed by atoms with Crippen LogP contribution < -0.4 is 5.32 Å². The monoisotopic (exact) mass is 266 g/mol. The first-order valence-electron chi connectivity index (χ1n) is 6.73. The van der Waals surface area contributed by atoms with Crippen molar-refractivity contribution in [3.8, 4) is 0 Å². The third kappa shape index (κ3) is 2.83. The lowest BCUT2D eigenvalue weighted by atomic mass is 10.1. The molecule has 3 nitrogen and oxygen atoms in total. The molecule has 3 aromatic rings. The molecule has 1 heterocycles. The minimum absolute atomic E-state index is 0.665. The summed E-state index contributed by atoms with van der Waals surface area (Å²) in [6, 6.07) is 16.9. The van der Waals surface area contributed by atoms with Crippen LogP contribution in [0.25, 0.3) is 10.9 Å². The summed E-state index contributed by atoms with van der Waals surface area (Å²) in [5.74, 6) is 0. The van der Waals surface area contributed by atoms with E-state index in [1.807, 2.05) is 6.20 Å². The van der Waals surface area contributed by atoms with Crippen LogP contribution in [0.5, 0.6) is 0 Å². The summed E-state index contributed by atoms with van der Waals surface area (Å²) in [7, 11) is 1.71. The van der Waals surface area contributed by atoms with Crippen molar-refractivity contribution in [2.75, 3.05) is 12.4 Å². The van der Waals surface area contributed by atoms with E-state index in [-0.39, 0.29) is 0 Å². The Balaban J connectivity index is 1.66. The van der Waals surface area contributed by atoms with Crippen LogP contribution in [0.3, 0.4) is 0 Å². The van der Waals surface area contributed by atoms with E-state index in [9.17, 15) is 0 Å². The van der Waals surface area contributed by atoms with Crippen LogP contribution in [-0.4, -0.2) is 12.1 Å². The zero-order chi connectivity index (χ0) is 13.8. The van der Waals surface area contributed by atoms with Gasteiger partial charge in [0.2, 0.25) is 0 Å². The topological polar surface area (TPSA) is 37.0 Å². The van der Waals surface area contributed by atoms with Crippen LogP contribution in [0.2, 0.25) is 0 Å². The summed E-state index contributed by atoms with van der Waals surface area (Å²) < 4.78 is 5.11. The highest BCUT2D eigenvalue weighted by atomic mass is 16.5. The van der Waals surface area contributed by atoms with Gasteiger partial charge in [0, 0.05) is 36.4 Å². The van der Waals surface area contributed by atoms with Gasteiger partial charge in [-0.25, -0.2) is 0 Å². The summed E-state index contributed by atoms with van der Waals surface area (Å²) >= 11 is 0. The van der Waals surface area contributed by atoms with E-state index in [1.165, 1.54) is 22.0 Å². The van der Waals surface area contributed by atoms with Crippen molar-refractivity contribution in [3.05, 3.63) is 65.9 Å². The molecule has 0 saturated carbocycles. The van der Waals surface area contributed by atoms with Crippen molar-refractivity contribution in [2.45, 2.75) is 13.2 Å². The summed E-state index contributed by atoms with van der Waals surface area (Å²) in [6.45, 7) is 1.49. The second-order valence-corrected chi connectivity index (χ2v) is 4.88. The van der Waals surface area contributed by atoms with Crippen LogP contribution in [0, 0.1) is 0 Å². The molecule has 2 N–H and O–H groups in total. The first-order valence-corrected chi connectivity index (χ1v) is 6.73. The van der Waals surface area contributed by atoms with Gasteiger partial charge in [-0.3, -0.25) is 0 Å². The summed E-state index contributed by atoms with van der Waals surface area (Å²) in [5.41, 5.74) is 4.77. The number of nitrogens with one attached hydrogen (secondary N) is 2. The number of anilines is 1. The van der Waals surface area contributed by atoms with E-state index in [0.717, 1.165) is 12.2 Å². The lowest BCUT2D eigenvalue weighted by Crippen LogP contribution is -1.99. The molecule has 0 atom stereocenters. The Bertz CT molecular complexity index is 686. The highest BCUT2D eigenvalue weighted by Crippen LogP contribution is 2.18. The number of ether oxygens (including phenoxy) is 1. The van der Waals surface area contributed by atoms with Gasteiger partial charge in [-0.2, -0.15) is 0 Å². The third-order valence-electron chi connectivity index (χ3n) is 3.38. The number of rotatable bonds is 5. The number of hydrogen-bond donors (Lipinski definition) is 2. The number of H-pyrrole nitrogens is 1. The van der Waals surface area contributed by atoms with E-state index < -0.39 is 0 Å². The molecule has 3 rings (SSSR count). The number of methoxy groups -OCH3 is 1. The standard InChI is InChI=1S/C17H18N2O/c1-20-12-14-4-2-13(3-5-14)11-19-16-6-7-17-15(10-16)8-9-18-17/h2-10,18-19H,11-12H2,1H3. The van der Waals surface area contributed by atoms with Gasteiger partial charge in [-0.1, -0.05) is 24.3 Å². The quantitative estimate of drug-likeness (QED) is 0.734. The van der Waals surface area contributed by atoms with Crippen LogP contribution >= 0.6 is 0 Å². The number of fused-ring (bicyclic) bond motifs is 1. The zero-order valence-electron chi connectivity index (χ0n) is 11.5. The Hall–Kier alpha value is -2.26. The zero-order valence-corrected chi connectivity index (χ0v) is 11.5. The molecule has 0 fully saturated rings. The molecular formula is C17H18N2O. The van der Waals surface area contributed by atoms with Crippen molar-refractivity contribution < 1.29 is 4.74 Å². The largest absolute Gasteiger partial charge is 0.381 e. The lowest BCUT2D eigenvalue weighted by Gasteiger charge is -2.07. The van der Waals surface area contributed by atoms with E-state index in [4.69, 9.17) is 4.74 Å². The average molecular weight is 266 g/mol. The fourth-order valence-corrected chi connectivity index (χ4v) is 2.29. The van der Waals surface area contributed by atoms with Gasteiger partial charge < -0.3 is 15.0 Å². The Morgan fingerprint density at radius 2 is 1.80 bits per heavy atom. The third-order valence-corrected chi connectivity index (χ3v) is 3.38. The van der Waals surface area contributed by atoms with Gasteiger partial charge >= 0.3 is 0 Å². The number of aromatic nitrogens is 1. The number of hydrogen-bond acceptors (Lipinski definition) is 2. The van der Waals surface area contributed by atoms with Gasteiger partial charge in [0.1, 0.15) is 0 Å². The average Bonchev–Trinajstić information content (AvgIpc) is 2.94. The molecule has 0 bridgehead atoms. The Morgan fingerprint density at radius 3 is 2.60 bits per heavy atom. The molecule has 0 saturated heterocycles. The second-order valence-electron chi connectivity index (χ2n) is 4.88. The molecule has 20 heavy (non-hydrogen) atoms. The maximum Gasteiger partial charge on any atom is 0.0713 e. The molecular weight excluding hydrogens is 248 g/mol. The molecule has 0 amide bonds. The van der Waals surface area contributed by atoms with Crippen molar-refractivity contribution in [1.82, 2.24) is 4.98 Å². The smallest absolute Gasteiger partial charge is 0.0713 e. The van der Waals surface area contributed by atoms with Crippen molar-refractivity contribution in [2.24, 2.45) is 0 Å². The summed E-state index contributed by atoms with van der Waals surface area (Å²) in [4.78, 5) is 3.20. The second kappa shape index (κ2) is 5.80. The van der Waals surface area contributed by atoms with Crippen LogP contribution in [0.15, 0.2) is 54.7 Å². The molecule has 0 radical (unpaired) electrons. The summed E-state index contributed by atoms with van der Waals surface area (Å²) in [5, 5.41) is 4.68. The maximum absolute atomic E-state index is 5.11. The first kappa shape index (κ1) is 12.8. The van der Waals surface area contributed by atoms with Gasteiger partial charge in [0.25, 0.3) is 0 Å². The van der Waals surface area contributed by atoms with Gasteiger partial charge in [0.15, 0.2) is 0 Å². The maximum atomic E-state index is 5.11. The van der Waals surface area contributed by atoms with Gasteiger partial charge in [0.05, 0.1) is 6.61 Å². The Kier molecular flexibility index (Phi) is 3.70. The predicted molar refractivity (Wildman–Crippen MR) is 82.8 cm³/mol. The number of benzene rings is 2. The molecule has 0 aliphatic heterocycles. The highest BCUT2D eigenvalue weighted by molar-refractivity contribution is 5.82. The Labute approximate surface area is 118 Å². The molecule has 1 aromatic heterocycles. The fraction of sp³-hybridized carbons (Fsp3) is 0.176. The van der Waals surface area contributed by atoms with Crippen LogP contribution in [-0.2, 0) is 17.9 Å². The summed E-state index contributed by atoms with van der Waals surface area (Å²) in [6.07, 6.45) is 1.96. The highest BCUT2D eigenvalue weighted by Gasteiger charge is 1.98. The fourth-order valence-electron chi connectivity index (χ4n) is 2.29. The molecule has 0 spiro atoms.